The van der Waals surface area contributed by atoms with Crippen LogP contribution in [-0.2, 0) is 4.79 Å². The molecule has 3 nitrogen and oxygen atoms in total. The molecule has 15 heavy (non-hydrogen) atoms. The highest BCUT2D eigenvalue weighted by Crippen LogP contribution is 2.27. The number of nitrogens with one attached hydrogen (secondary N) is 1. The van der Waals surface area contributed by atoms with Gasteiger partial charge in [-0.15, -0.1) is 0 Å². The Balaban J connectivity index is 0.000000531. The van der Waals surface area contributed by atoms with Crippen LogP contribution in [0.4, 0.5) is 11.4 Å². The van der Waals surface area contributed by atoms with E-state index >= 15 is 0 Å². The van der Waals surface area contributed by atoms with Gasteiger partial charge < -0.3 is 10.2 Å². The van der Waals surface area contributed by atoms with Crippen LogP contribution in [0.1, 0.15) is 20.8 Å². The molecule has 0 aliphatic carbocycles. The zero-order chi connectivity index (χ0) is 11.3. The van der Waals surface area contributed by atoms with Crippen molar-refractivity contribution in [3.05, 3.63) is 24.3 Å². The minimum Gasteiger partial charge on any atom is -0.382 e. The number of benzene rings is 1. The molecule has 0 aromatic heterocycles. The van der Waals surface area contributed by atoms with E-state index in [1.165, 1.54) is 0 Å². The predicted molar refractivity (Wildman–Crippen MR) is 64.3 cm³/mol. The van der Waals surface area contributed by atoms with E-state index in [0.29, 0.717) is 0 Å². The zero-order valence-corrected chi connectivity index (χ0v) is 9.58. The van der Waals surface area contributed by atoms with Gasteiger partial charge in [-0.25, -0.2) is 0 Å². The average Bonchev–Trinajstić information content (AvgIpc) is 2.31. The highest BCUT2D eigenvalue weighted by atomic mass is 16.2. The van der Waals surface area contributed by atoms with Gasteiger partial charge in [0.1, 0.15) is 0 Å². The van der Waals surface area contributed by atoms with Crippen molar-refractivity contribution in [2.24, 2.45) is 0 Å². The lowest BCUT2D eigenvalue weighted by Crippen LogP contribution is -2.37. The Morgan fingerprint density at radius 3 is 2.67 bits per heavy atom. The molecule has 0 unspecified atom stereocenters. The standard InChI is InChI=1S/C10H12N2O.C2H6/c1-8(13)12-7-6-11-9-4-2-3-5-10(9)12;1-2/h2-5,11H,6-7H2,1H3;1-2H3. The van der Waals surface area contributed by atoms with Crippen molar-refractivity contribution in [1.29, 1.82) is 0 Å². The third-order valence-corrected chi connectivity index (χ3v) is 2.23. The Hall–Kier alpha value is -1.51. The van der Waals surface area contributed by atoms with Gasteiger partial charge in [0.2, 0.25) is 5.91 Å². The Morgan fingerprint density at radius 2 is 2.00 bits per heavy atom. The number of carbonyl (C=O) groups is 1. The number of anilines is 2. The van der Waals surface area contributed by atoms with Gasteiger partial charge in [-0.1, -0.05) is 26.0 Å². The first-order chi connectivity index (χ1) is 7.29. The largest absolute Gasteiger partial charge is 0.382 e. The summed E-state index contributed by atoms with van der Waals surface area (Å²) < 4.78 is 0. The monoisotopic (exact) mass is 206 g/mol. The molecule has 1 aliphatic heterocycles. The van der Waals surface area contributed by atoms with Crippen LogP contribution in [-0.4, -0.2) is 19.0 Å². The summed E-state index contributed by atoms with van der Waals surface area (Å²) in [5.41, 5.74) is 2.03. The quantitative estimate of drug-likeness (QED) is 0.707. The van der Waals surface area contributed by atoms with Gasteiger partial charge in [-0.3, -0.25) is 4.79 Å². The molecule has 1 aliphatic rings. The first-order valence-electron chi connectivity index (χ1n) is 5.40. The maximum Gasteiger partial charge on any atom is 0.223 e. The molecule has 1 N–H and O–H groups in total. The number of rotatable bonds is 0. The minimum atomic E-state index is 0.106. The van der Waals surface area contributed by atoms with Crippen molar-refractivity contribution in [3.63, 3.8) is 0 Å². The van der Waals surface area contributed by atoms with Gasteiger partial charge in [0.15, 0.2) is 0 Å². The molecular formula is C12H18N2O. The second-order valence-electron chi connectivity index (χ2n) is 3.11. The van der Waals surface area contributed by atoms with Gasteiger partial charge in [0.25, 0.3) is 0 Å². The van der Waals surface area contributed by atoms with Gasteiger partial charge in [-0.05, 0) is 12.1 Å². The third kappa shape index (κ3) is 2.49. The second-order valence-corrected chi connectivity index (χ2v) is 3.11. The van der Waals surface area contributed by atoms with Crippen molar-refractivity contribution in [3.8, 4) is 0 Å². The molecule has 3 heteroatoms. The van der Waals surface area contributed by atoms with E-state index in [9.17, 15) is 4.79 Å². The number of hydrogen-bond acceptors (Lipinski definition) is 2. The molecular weight excluding hydrogens is 188 g/mol. The highest BCUT2D eigenvalue weighted by molar-refractivity contribution is 5.96. The molecule has 0 atom stereocenters. The lowest BCUT2D eigenvalue weighted by Gasteiger charge is -2.29. The maximum absolute atomic E-state index is 11.3. The summed E-state index contributed by atoms with van der Waals surface area (Å²) in [5, 5.41) is 3.25. The number of para-hydroxylation sites is 2. The summed E-state index contributed by atoms with van der Waals surface area (Å²) in [6.45, 7) is 7.19. The number of amides is 1. The number of fused-ring (bicyclic) bond motifs is 1. The maximum atomic E-state index is 11.3. The fraction of sp³-hybridized carbons (Fsp3) is 0.417. The molecule has 1 amide bonds. The van der Waals surface area contributed by atoms with Crippen molar-refractivity contribution in [2.45, 2.75) is 20.8 Å². The normalized spacial score (nSPS) is 13.1. The van der Waals surface area contributed by atoms with Crippen molar-refractivity contribution >= 4 is 17.3 Å². The molecule has 1 aromatic carbocycles. The molecule has 0 saturated heterocycles. The number of carbonyl (C=O) groups excluding carboxylic acids is 1. The Labute approximate surface area is 91.1 Å². The van der Waals surface area contributed by atoms with Crippen LogP contribution in [0.5, 0.6) is 0 Å². The summed E-state index contributed by atoms with van der Waals surface area (Å²) in [6.07, 6.45) is 0. The summed E-state index contributed by atoms with van der Waals surface area (Å²) in [5.74, 6) is 0.106. The third-order valence-electron chi connectivity index (χ3n) is 2.23. The van der Waals surface area contributed by atoms with E-state index in [0.717, 1.165) is 24.5 Å². The van der Waals surface area contributed by atoms with E-state index in [2.05, 4.69) is 5.32 Å². The Morgan fingerprint density at radius 1 is 1.33 bits per heavy atom. The summed E-state index contributed by atoms with van der Waals surface area (Å²) >= 11 is 0. The van der Waals surface area contributed by atoms with E-state index < -0.39 is 0 Å². The molecule has 82 valence electrons. The van der Waals surface area contributed by atoms with Crippen LogP contribution in [0.3, 0.4) is 0 Å². The van der Waals surface area contributed by atoms with Gasteiger partial charge in [0, 0.05) is 20.0 Å². The first kappa shape index (κ1) is 11.6. The SMILES string of the molecule is CC.CC(=O)N1CCNc2ccccc21. The van der Waals surface area contributed by atoms with Gasteiger partial charge in [0.05, 0.1) is 11.4 Å². The molecule has 0 bridgehead atoms. The number of nitrogens with zero attached hydrogens (tertiary/aromatic N) is 1. The van der Waals surface area contributed by atoms with Crippen LogP contribution in [0.25, 0.3) is 0 Å². The Kier molecular flexibility index (Phi) is 4.16. The second kappa shape index (κ2) is 5.39. The molecule has 0 radical (unpaired) electrons. The molecule has 0 fully saturated rings. The fourth-order valence-electron chi connectivity index (χ4n) is 1.61. The zero-order valence-electron chi connectivity index (χ0n) is 9.58. The van der Waals surface area contributed by atoms with E-state index in [-0.39, 0.29) is 5.91 Å². The van der Waals surface area contributed by atoms with Gasteiger partial charge >= 0.3 is 0 Å². The van der Waals surface area contributed by atoms with Gasteiger partial charge in [-0.2, -0.15) is 0 Å². The molecule has 2 rings (SSSR count). The van der Waals surface area contributed by atoms with Crippen molar-refractivity contribution in [1.82, 2.24) is 0 Å². The summed E-state index contributed by atoms with van der Waals surface area (Å²) in [6, 6.07) is 7.87. The molecule has 0 spiro atoms. The summed E-state index contributed by atoms with van der Waals surface area (Å²) in [4.78, 5) is 13.1. The van der Waals surface area contributed by atoms with Crippen LogP contribution in [0.15, 0.2) is 24.3 Å². The fourth-order valence-corrected chi connectivity index (χ4v) is 1.61. The van der Waals surface area contributed by atoms with Crippen LogP contribution in [0.2, 0.25) is 0 Å². The van der Waals surface area contributed by atoms with Crippen LogP contribution >= 0.6 is 0 Å². The van der Waals surface area contributed by atoms with Crippen LogP contribution in [0, 0.1) is 0 Å². The molecule has 1 heterocycles. The topological polar surface area (TPSA) is 32.3 Å². The lowest BCUT2D eigenvalue weighted by molar-refractivity contribution is -0.116. The van der Waals surface area contributed by atoms with Crippen molar-refractivity contribution in [2.75, 3.05) is 23.3 Å². The molecule has 0 saturated carbocycles. The van der Waals surface area contributed by atoms with E-state index in [1.807, 2.05) is 38.1 Å². The first-order valence-corrected chi connectivity index (χ1v) is 5.40. The molecule has 1 aromatic rings. The highest BCUT2D eigenvalue weighted by Gasteiger charge is 2.18. The van der Waals surface area contributed by atoms with Crippen LogP contribution < -0.4 is 10.2 Å². The lowest BCUT2D eigenvalue weighted by atomic mass is 10.2. The predicted octanol–water partition coefficient (Wildman–Crippen LogP) is 2.49. The van der Waals surface area contributed by atoms with E-state index in [4.69, 9.17) is 0 Å². The number of hydrogen-bond donors (Lipinski definition) is 1. The summed E-state index contributed by atoms with van der Waals surface area (Å²) in [7, 11) is 0. The van der Waals surface area contributed by atoms with Crippen molar-refractivity contribution < 1.29 is 4.79 Å². The minimum absolute atomic E-state index is 0.106. The Bertz CT molecular complexity index is 336. The average molecular weight is 206 g/mol. The van der Waals surface area contributed by atoms with E-state index in [1.54, 1.807) is 11.8 Å². The smallest absolute Gasteiger partial charge is 0.223 e.